The van der Waals surface area contributed by atoms with E-state index >= 15 is 0 Å². The number of carbonyl (C=O) groups excluding carboxylic acids is 2. The quantitative estimate of drug-likeness (QED) is 0.478. The minimum Gasteiger partial charge on any atom is -0.350 e. The number of fused-ring (bicyclic) bond motifs is 4. The fourth-order valence-corrected chi connectivity index (χ4v) is 5.96. The Balaban J connectivity index is 1.67. The van der Waals surface area contributed by atoms with E-state index in [9.17, 15) is 9.59 Å². The number of nitrogens with zero attached hydrogens (tertiary/aromatic N) is 2. The van der Waals surface area contributed by atoms with Gasteiger partial charge in [0.2, 0.25) is 0 Å². The molecule has 2 aromatic carbocycles. The largest absolute Gasteiger partial charge is 0.350 e. The minimum atomic E-state index is -0.0790. The van der Waals surface area contributed by atoms with Gasteiger partial charge in [0, 0.05) is 69.6 Å². The minimum absolute atomic E-state index is 0.0565. The molecule has 166 valence electrons. The molecule has 5 heteroatoms. The molecule has 0 radical (unpaired) electrons. The molecule has 0 spiro atoms. The number of hydrogen-bond acceptors (Lipinski definition) is 3. The van der Waals surface area contributed by atoms with Crippen LogP contribution in [0.3, 0.4) is 0 Å². The molecule has 3 heterocycles. The molecule has 4 aromatic rings. The van der Waals surface area contributed by atoms with Crippen molar-refractivity contribution in [3.63, 3.8) is 0 Å². The second kappa shape index (κ2) is 7.56. The lowest BCUT2D eigenvalue weighted by molar-refractivity contribution is -0.119. The zero-order valence-electron chi connectivity index (χ0n) is 18.8. The smallest absolute Gasteiger partial charge is 0.172 e. The summed E-state index contributed by atoms with van der Waals surface area (Å²) < 4.78 is 4.40. The van der Waals surface area contributed by atoms with E-state index in [2.05, 4.69) is 16.7 Å². The van der Waals surface area contributed by atoms with Crippen LogP contribution in [0, 0.1) is 5.92 Å². The monoisotopic (exact) mass is 437 g/mol. The van der Waals surface area contributed by atoms with Gasteiger partial charge < -0.3 is 14.9 Å². The predicted molar refractivity (Wildman–Crippen MR) is 132 cm³/mol. The van der Waals surface area contributed by atoms with Crippen molar-refractivity contribution in [3.8, 4) is 0 Å². The number of nitrogens with two attached hydrogens (primary N) is 1. The summed E-state index contributed by atoms with van der Waals surface area (Å²) in [5.41, 5.74) is 12.3. The first-order valence-corrected chi connectivity index (χ1v) is 11.7. The predicted octanol–water partition coefficient (Wildman–Crippen LogP) is 4.50. The Morgan fingerprint density at radius 2 is 1.64 bits per heavy atom. The maximum atomic E-state index is 13.4. The number of aryl methyl sites for hydroxylation is 2. The van der Waals surface area contributed by atoms with E-state index in [0.717, 1.165) is 58.7 Å². The molecular weight excluding hydrogens is 410 g/mol. The van der Waals surface area contributed by atoms with Crippen molar-refractivity contribution in [2.75, 3.05) is 6.54 Å². The number of ketones is 2. The van der Waals surface area contributed by atoms with Crippen molar-refractivity contribution in [3.05, 3.63) is 71.5 Å². The number of Topliss-reactive ketones (excluding diaryl/α,β-unsaturated/α-hetero) is 2. The second-order valence-electron chi connectivity index (χ2n) is 9.37. The standard InChI is InChI=1S/C28H27N3O2/c1-30-16-20(18-6-2-4-8-21(18)30)27-24(32)15-25(33)28(27)26-19-7-3-5-9-22(19)31-13-11-17(10-12-29)14-23(26)31/h2-9,16-17H,10-15,29H2,1H3. The summed E-state index contributed by atoms with van der Waals surface area (Å²) in [6.45, 7) is 1.58. The van der Waals surface area contributed by atoms with Crippen LogP contribution < -0.4 is 5.73 Å². The molecule has 0 saturated carbocycles. The first-order valence-electron chi connectivity index (χ1n) is 11.7. The molecule has 33 heavy (non-hydrogen) atoms. The van der Waals surface area contributed by atoms with Crippen LogP contribution in [0.25, 0.3) is 33.0 Å². The summed E-state index contributed by atoms with van der Waals surface area (Å²) in [7, 11) is 1.99. The summed E-state index contributed by atoms with van der Waals surface area (Å²) in [4.78, 5) is 26.7. The SMILES string of the molecule is Cn1cc(C2=C(c3c4n(c5ccccc35)CCC(CCN)C4)C(=O)CC2=O)c2ccccc21. The molecule has 6 rings (SSSR count). The van der Waals surface area contributed by atoms with Crippen molar-refractivity contribution in [1.29, 1.82) is 0 Å². The highest BCUT2D eigenvalue weighted by Gasteiger charge is 2.38. The second-order valence-corrected chi connectivity index (χ2v) is 9.37. The molecule has 0 saturated heterocycles. The lowest BCUT2D eigenvalue weighted by Crippen LogP contribution is -2.22. The Labute approximate surface area is 192 Å². The zero-order valence-corrected chi connectivity index (χ0v) is 18.8. The van der Waals surface area contributed by atoms with Crippen molar-refractivity contribution in [2.24, 2.45) is 18.7 Å². The van der Waals surface area contributed by atoms with Crippen LogP contribution in [0.15, 0.2) is 54.7 Å². The molecule has 5 nitrogen and oxygen atoms in total. The number of rotatable bonds is 4. The summed E-state index contributed by atoms with van der Waals surface area (Å²) in [5.74, 6) is 0.354. The molecule has 2 N–H and O–H groups in total. The summed E-state index contributed by atoms with van der Waals surface area (Å²) in [6, 6.07) is 16.4. The van der Waals surface area contributed by atoms with Gasteiger partial charge in [-0.1, -0.05) is 36.4 Å². The van der Waals surface area contributed by atoms with Gasteiger partial charge in [0.1, 0.15) is 0 Å². The van der Waals surface area contributed by atoms with Gasteiger partial charge >= 0.3 is 0 Å². The Hall–Kier alpha value is -3.44. The van der Waals surface area contributed by atoms with E-state index in [1.807, 2.05) is 54.2 Å². The molecule has 0 bridgehead atoms. The van der Waals surface area contributed by atoms with E-state index in [1.165, 1.54) is 5.69 Å². The van der Waals surface area contributed by atoms with E-state index in [-0.39, 0.29) is 18.0 Å². The molecular formula is C28H27N3O2. The number of hydrogen-bond donors (Lipinski definition) is 1. The molecule has 0 fully saturated rings. The first-order chi connectivity index (χ1) is 16.1. The number of aromatic nitrogens is 2. The Morgan fingerprint density at radius 3 is 2.42 bits per heavy atom. The summed E-state index contributed by atoms with van der Waals surface area (Å²) in [5, 5.41) is 2.07. The molecule has 2 aliphatic rings. The third-order valence-electron chi connectivity index (χ3n) is 7.44. The molecule has 2 aromatic heterocycles. The van der Waals surface area contributed by atoms with Gasteiger partial charge in [-0.05, 0) is 43.9 Å². The van der Waals surface area contributed by atoms with E-state index in [0.29, 0.717) is 23.6 Å². The maximum absolute atomic E-state index is 13.4. The van der Waals surface area contributed by atoms with Gasteiger partial charge in [0.15, 0.2) is 11.6 Å². The lowest BCUT2D eigenvalue weighted by Gasteiger charge is -2.25. The average Bonchev–Trinajstić information content (AvgIpc) is 3.42. The van der Waals surface area contributed by atoms with E-state index in [1.54, 1.807) is 0 Å². The van der Waals surface area contributed by atoms with Crippen LogP contribution in [0.2, 0.25) is 0 Å². The molecule has 1 unspecified atom stereocenters. The Kier molecular flexibility index (Phi) is 4.63. The highest BCUT2D eigenvalue weighted by Crippen LogP contribution is 2.44. The van der Waals surface area contributed by atoms with Crippen LogP contribution in [-0.2, 0) is 29.6 Å². The topological polar surface area (TPSA) is 70.0 Å². The van der Waals surface area contributed by atoms with Gasteiger partial charge in [-0.3, -0.25) is 9.59 Å². The van der Waals surface area contributed by atoms with Gasteiger partial charge in [-0.25, -0.2) is 0 Å². The van der Waals surface area contributed by atoms with Crippen LogP contribution in [0.1, 0.15) is 36.1 Å². The molecule has 0 amide bonds. The fraction of sp³-hybridized carbons (Fsp3) is 0.286. The number of para-hydroxylation sites is 2. The Morgan fingerprint density at radius 1 is 0.939 bits per heavy atom. The van der Waals surface area contributed by atoms with Crippen LogP contribution in [-0.4, -0.2) is 27.2 Å². The summed E-state index contributed by atoms with van der Waals surface area (Å²) >= 11 is 0. The third kappa shape index (κ3) is 2.96. The van der Waals surface area contributed by atoms with Gasteiger partial charge in [0.25, 0.3) is 0 Å². The number of carbonyl (C=O) groups is 2. The molecule has 1 atom stereocenters. The van der Waals surface area contributed by atoms with Crippen LogP contribution in [0.5, 0.6) is 0 Å². The van der Waals surface area contributed by atoms with Crippen molar-refractivity contribution >= 4 is 44.5 Å². The number of allylic oxidation sites excluding steroid dienone is 2. The zero-order chi connectivity index (χ0) is 22.7. The first kappa shape index (κ1) is 20.2. The molecule has 1 aliphatic heterocycles. The third-order valence-corrected chi connectivity index (χ3v) is 7.44. The van der Waals surface area contributed by atoms with Gasteiger partial charge in [-0.2, -0.15) is 0 Å². The highest BCUT2D eigenvalue weighted by molar-refractivity contribution is 6.52. The van der Waals surface area contributed by atoms with Gasteiger partial charge in [-0.15, -0.1) is 0 Å². The lowest BCUT2D eigenvalue weighted by atomic mass is 9.88. The van der Waals surface area contributed by atoms with Crippen molar-refractivity contribution in [2.45, 2.75) is 32.2 Å². The molecule has 1 aliphatic carbocycles. The maximum Gasteiger partial charge on any atom is 0.172 e. The summed E-state index contributed by atoms with van der Waals surface area (Å²) in [6.07, 6.45) is 4.89. The van der Waals surface area contributed by atoms with Crippen LogP contribution >= 0.6 is 0 Å². The van der Waals surface area contributed by atoms with Crippen molar-refractivity contribution < 1.29 is 9.59 Å². The fourth-order valence-electron chi connectivity index (χ4n) is 5.96. The van der Waals surface area contributed by atoms with Crippen molar-refractivity contribution in [1.82, 2.24) is 9.13 Å². The van der Waals surface area contributed by atoms with E-state index in [4.69, 9.17) is 5.73 Å². The Bertz CT molecular complexity index is 1480. The average molecular weight is 438 g/mol. The van der Waals surface area contributed by atoms with Gasteiger partial charge in [0.05, 0.1) is 6.42 Å². The number of benzene rings is 2. The van der Waals surface area contributed by atoms with Crippen LogP contribution in [0.4, 0.5) is 0 Å². The normalized spacial score (nSPS) is 18.7. The highest BCUT2D eigenvalue weighted by atomic mass is 16.2. The van der Waals surface area contributed by atoms with E-state index < -0.39 is 0 Å².